The molecule has 148 valence electrons. The van der Waals surface area contributed by atoms with Crippen LogP contribution in [0.25, 0.3) is 0 Å². The minimum absolute atomic E-state index is 0.0822. The zero-order chi connectivity index (χ0) is 20.8. The summed E-state index contributed by atoms with van der Waals surface area (Å²) < 4.78 is 17.0. The first-order valence-corrected chi connectivity index (χ1v) is 9.62. The lowest BCUT2D eigenvalue weighted by atomic mass is 9.95. The first-order valence-electron chi connectivity index (χ1n) is 8.41. The van der Waals surface area contributed by atoms with Gasteiger partial charge in [0.25, 0.3) is 11.6 Å². The van der Waals surface area contributed by atoms with E-state index in [1.165, 1.54) is 36.1 Å². The zero-order valence-electron chi connectivity index (χ0n) is 15.4. The lowest BCUT2D eigenvalue weighted by Crippen LogP contribution is -2.59. The largest absolute Gasteiger partial charge is 0.459 e. The van der Waals surface area contributed by atoms with Crippen LogP contribution in [0.3, 0.4) is 0 Å². The first kappa shape index (κ1) is 19.9. The highest BCUT2D eigenvalue weighted by Gasteiger charge is 2.66. The molecule has 3 atom stereocenters. The predicted octanol–water partition coefficient (Wildman–Crippen LogP) is 1.23. The molecule has 2 saturated heterocycles. The molecule has 28 heavy (non-hydrogen) atoms. The standard InChI is InChI=1S/C18H18N2O7S/c1-10(21)8-13-15(22)19-14(18(2,3)28(26)16(13)19)17(23)27-9-11-4-6-12(7-5-11)20(24)25/h4-8,14,16H,9H2,1-3H3/b13-8+/t14-,16+,28?/m0/s1. The Balaban J connectivity index is 1.76. The molecule has 9 nitrogen and oxygen atoms in total. The summed E-state index contributed by atoms with van der Waals surface area (Å²) in [7, 11) is -1.59. The molecule has 0 saturated carbocycles. The third-order valence-electron chi connectivity index (χ3n) is 4.77. The molecule has 2 fully saturated rings. The van der Waals surface area contributed by atoms with Crippen LogP contribution in [-0.2, 0) is 36.5 Å². The van der Waals surface area contributed by atoms with Crippen molar-refractivity contribution in [2.45, 2.75) is 43.5 Å². The number of nitrogens with zero attached hydrogens (tertiary/aromatic N) is 2. The van der Waals surface area contributed by atoms with E-state index in [9.17, 15) is 28.7 Å². The third kappa shape index (κ3) is 3.13. The van der Waals surface area contributed by atoms with Crippen LogP contribution in [0.2, 0.25) is 0 Å². The van der Waals surface area contributed by atoms with Gasteiger partial charge in [-0.15, -0.1) is 0 Å². The van der Waals surface area contributed by atoms with E-state index in [-0.39, 0.29) is 23.7 Å². The number of carbonyl (C=O) groups excluding carboxylic acids is 3. The number of hydrogen-bond donors (Lipinski definition) is 0. The van der Waals surface area contributed by atoms with E-state index in [0.717, 1.165) is 6.08 Å². The normalized spacial score (nSPS) is 26.5. The van der Waals surface area contributed by atoms with Crippen molar-refractivity contribution in [3.05, 3.63) is 51.6 Å². The maximum Gasteiger partial charge on any atom is 0.330 e. The van der Waals surface area contributed by atoms with Crippen LogP contribution in [-0.4, -0.2) is 47.9 Å². The molecule has 3 rings (SSSR count). The maximum absolute atomic E-state index is 12.8. The number of β-lactam (4-membered cyclic amide) rings is 1. The van der Waals surface area contributed by atoms with Gasteiger partial charge in [0.15, 0.2) is 5.78 Å². The fourth-order valence-electron chi connectivity index (χ4n) is 3.35. The van der Waals surface area contributed by atoms with Crippen molar-refractivity contribution in [3.63, 3.8) is 0 Å². The highest BCUT2D eigenvalue weighted by molar-refractivity contribution is 7.87. The van der Waals surface area contributed by atoms with Crippen LogP contribution in [0.5, 0.6) is 0 Å². The number of fused-ring (bicyclic) bond motifs is 1. The van der Waals surface area contributed by atoms with Gasteiger partial charge in [0.1, 0.15) is 18.0 Å². The molecule has 0 radical (unpaired) electrons. The van der Waals surface area contributed by atoms with Gasteiger partial charge in [-0.1, -0.05) is 0 Å². The SMILES string of the molecule is CC(=O)/C=C1\C(=O)N2[C@@H]1S(=O)C(C)(C)[C@@H]2C(=O)OCc1ccc([N+](=O)[O-])cc1. The summed E-state index contributed by atoms with van der Waals surface area (Å²) in [6, 6.07) is 4.48. The number of hydrogen-bond acceptors (Lipinski definition) is 7. The van der Waals surface area contributed by atoms with Crippen molar-refractivity contribution >= 4 is 34.1 Å². The van der Waals surface area contributed by atoms with Gasteiger partial charge in [0.2, 0.25) is 0 Å². The lowest BCUT2D eigenvalue weighted by molar-refractivity contribution is -0.384. The van der Waals surface area contributed by atoms with Crippen LogP contribution >= 0.6 is 0 Å². The van der Waals surface area contributed by atoms with E-state index >= 15 is 0 Å². The molecule has 0 aromatic heterocycles. The van der Waals surface area contributed by atoms with Gasteiger partial charge in [-0.25, -0.2) is 4.79 Å². The van der Waals surface area contributed by atoms with Crippen molar-refractivity contribution in [1.82, 2.24) is 4.90 Å². The molecule has 0 bridgehead atoms. The molecular weight excluding hydrogens is 388 g/mol. The fourth-order valence-corrected chi connectivity index (χ4v) is 5.17. The minimum atomic E-state index is -1.59. The molecule has 10 heteroatoms. The number of ether oxygens (including phenoxy) is 1. The van der Waals surface area contributed by atoms with Crippen molar-refractivity contribution in [2.24, 2.45) is 0 Å². The molecular formula is C18H18N2O7S. The van der Waals surface area contributed by atoms with Gasteiger partial charge >= 0.3 is 5.97 Å². The number of rotatable bonds is 5. The number of allylic oxidation sites excluding steroid dienone is 1. The van der Waals surface area contributed by atoms with Gasteiger partial charge in [0.05, 0.1) is 26.0 Å². The van der Waals surface area contributed by atoms with E-state index in [2.05, 4.69) is 0 Å². The molecule has 0 N–H and O–H groups in total. The number of amides is 1. The van der Waals surface area contributed by atoms with E-state index in [4.69, 9.17) is 4.74 Å². The second kappa shape index (κ2) is 6.93. The Kier molecular flexibility index (Phi) is 4.92. The summed E-state index contributed by atoms with van der Waals surface area (Å²) in [5.41, 5.74) is 0.602. The number of ketones is 1. The lowest BCUT2D eigenvalue weighted by Gasteiger charge is -2.38. The van der Waals surface area contributed by atoms with Crippen LogP contribution in [0.15, 0.2) is 35.9 Å². The average molecular weight is 406 g/mol. The molecule has 2 aliphatic heterocycles. The summed E-state index contributed by atoms with van der Waals surface area (Å²) in [6.45, 7) is 4.37. The number of non-ortho nitro benzene ring substituents is 1. The van der Waals surface area contributed by atoms with E-state index in [1.807, 2.05) is 0 Å². The Labute approximate surface area is 162 Å². The Bertz CT molecular complexity index is 936. The van der Waals surface area contributed by atoms with Gasteiger partial charge < -0.3 is 9.64 Å². The number of benzene rings is 1. The Morgan fingerprint density at radius 3 is 2.46 bits per heavy atom. The summed E-state index contributed by atoms with van der Waals surface area (Å²) in [5.74, 6) is -1.55. The van der Waals surface area contributed by atoms with Crippen LogP contribution in [0, 0.1) is 10.1 Å². The highest BCUT2D eigenvalue weighted by atomic mass is 32.2. The highest BCUT2D eigenvalue weighted by Crippen LogP contribution is 2.46. The quantitative estimate of drug-likeness (QED) is 0.237. The summed E-state index contributed by atoms with van der Waals surface area (Å²) in [5, 5.41) is 9.88. The van der Waals surface area contributed by atoms with E-state index in [1.54, 1.807) is 13.8 Å². The van der Waals surface area contributed by atoms with E-state index < -0.39 is 43.8 Å². The predicted molar refractivity (Wildman–Crippen MR) is 98.3 cm³/mol. The molecule has 1 aromatic carbocycles. The number of nitro benzene ring substituents is 1. The summed E-state index contributed by atoms with van der Waals surface area (Å²) in [6.07, 6.45) is 1.15. The number of carbonyl (C=O) groups is 3. The second-order valence-corrected chi connectivity index (χ2v) is 9.20. The average Bonchev–Trinajstić information content (AvgIpc) is 2.82. The monoisotopic (exact) mass is 406 g/mol. The van der Waals surface area contributed by atoms with Gasteiger partial charge in [-0.2, -0.15) is 0 Å². The molecule has 2 aliphatic rings. The van der Waals surface area contributed by atoms with Gasteiger partial charge in [0, 0.05) is 12.1 Å². The van der Waals surface area contributed by atoms with Crippen molar-refractivity contribution in [3.8, 4) is 0 Å². The van der Waals surface area contributed by atoms with Crippen molar-refractivity contribution < 1.29 is 28.3 Å². The Morgan fingerprint density at radius 1 is 1.32 bits per heavy atom. The molecule has 0 spiro atoms. The smallest absolute Gasteiger partial charge is 0.330 e. The first-order chi connectivity index (χ1) is 13.1. The number of nitro groups is 1. The number of esters is 1. The minimum Gasteiger partial charge on any atom is -0.459 e. The van der Waals surface area contributed by atoms with Crippen LogP contribution in [0.1, 0.15) is 26.3 Å². The van der Waals surface area contributed by atoms with Crippen molar-refractivity contribution in [1.29, 1.82) is 0 Å². The van der Waals surface area contributed by atoms with Crippen molar-refractivity contribution in [2.75, 3.05) is 0 Å². The van der Waals surface area contributed by atoms with Gasteiger partial charge in [-0.3, -0.25) is 23.9 Å². The summed E-state index contributed by atoms with van der Waals surface area (Å²) in [4.78, 5) is 47.7. The maximum atomic E-state index is 12.8. The molecule has 1 aromatic rings. The Hall–Kier alpha value is -2.88. The molecule has 2 heterocycles. The fraction of sp³-hybridized carbons (Fsp3) is 0.389. The topological polar surface area (TPSA) is 124 Å². The molecule has 1 amide bonds. The zero-order valence-corrected chi connectivity index (χ0v) is 16.2. The van der Waals surface area contributed by atoms with E-state index in [0.29, 0.717) is 5.56 Å². The van der Waals surface area contributed by atoms with Crippen LogP contribution in [0.4, 0.5) is 5.69 Å². The summed E-state index contributed by atoms with van der Waals surface area (Å²) >= 11 is 0. The molecule has 0 aliphatic carbocycles. The van der Waals surface area contributed by atoms with Crippen LogP contribution < -0.4 is 0 Å². The second-order valence-electron chi connectivity index (χ2n) is 7.11. The van der Waals surface area contributed by atoms with Gasteiger partial charge in [-0.05, 0) is 44.5 Å². The third-order valence-corrected chi connectivity index (χ3v) is 6.92. The molecule has 1 unspecified atom stereocenters. The Morgan fingerprint density at radius 2 is 1.93 bits per heavy atom.